The SMILES string of the molecule is O=C1C(Nc2ccc(-n3cncn3)cc2)CCN1CC(F)(F)F. The number of benzene rings is 1. The molecular formula is C14H14F3N5O. The number of carbonyl (C=O) groups is 1. The highest BCUT2D eigenvalue weighted by Crippen LogP contribution is 2.23. The average Bonchev–Trinajstić information content (AvgIpc) is 3.12. The molecule has 1 amide bonds. The van der Waals surface area contributed by atoms with Crippen LogP contribution in [-0.2, 0) is 4.79 Å². The molecule has 1 N–H and O–H groups in total. The minimum absolute atomic E-state index is 0.104. The lowest BCUT2D eigenvalue weighted by atomic mass is 10.2. The van der Waals surface area contributed by atoms with Crippen LogP contribution in [0.15, 0.2) is 36.9 Å². The normalized spacial score (nSPS) is 18.5. The molecule has 9 heteroatoms. The molecule has 0 saturated carbocycles. The Morgan fingerprint density at radius 3 is 2.61 bits per heavy atom. The highest BCUT2D eigenvalue weighted by Gasteiger charge is 2.39. The Balaban J connectivity index is 1.63. The Labute approximate surface area is 129 Å². The summed E-state index contributed by atoms with van der Waals surface area (Å²) in [5.74, 6) is -0.525. The highest BCUT2D eigenvalue weighted by atomic mass is 19.4. The van der Waals surface area contributed by atoms with Gasteiger partial charge in [-0.25, -0.2) is 9.67 Å². The molecule has 1 unspecified atom stereocenters. The van der Waals surface area contributed by atoms with E-state index in [9.17, 15) is 18.0 Å². The van der Waals surface area contributed by atoms with Crippen LogP contribution >= 0.6 is 0 Å². The summed E-state index contributed by atoms with van der Waals surface area (Å²) in [5.41, 5.74) is 1.46. The van der Waals surface area contributed by atoms with Gasteiger partial charge in [0.15, 0.2) is 0 Å². The minimum Gasteiger partial charge on any atom is -0.374 e. The van der Waals surface area contributed by atoms with E-state index in [0.29, 0.717) is 12.1 Å². The first-order valence-corrected chi connectivity index (χ1v) is 6.99. The standard InChI is InChI=1S/C14H14F3N5O/c15-14(16,17)7-21-6-5-12(13(21)23)20-10-1-3-11(4-2-10)22-9-18-8-19-22/h1-4,8-9,12,20H,5-7H2. The van der Waals surface area contributed by atoms with Crippen molar-refractivity contribution in [2.75, 3.05) is 18.4 Å². The number of aromatic nitrogens is 3. The van der Waals surface area contributed by atoms with E-state index in [1.807, 2.05) is 0 Å². The molecule has 3 rings (SSSR count). The number of nitrogens with one attached hydrogen (secondary N) is 1. The summed E-state index contributed by atoms with van der Waals surface area (Å²) in [6.45, 7) is -1.09. The number of amides is 1. The third kappa shape index (κ3) is 3.61. The minimum atomic E-state index is -4.37. The Morgan fingerprint density at radius 1 is 1.26 bits per heavy atom. The van der Waals surface area contributed by atoms with E-state index in [1.54, 1.807) is 35.3 Å². The molecule has 1 aliphatic rings. The van der Waals surface area contributed by atoms with Crippen molar-refractivity contribution in [3.63, 3.8) is 0 Å². The number of halogens is 3. The fraction of sp³-hybridized carbons (Fsp3) is 0.357. The molecule has 0 aliphatic carbocycles. The van der Waals surface area contributed by atoms with Gasteiger partial charge < -0.3 is 10.2 Å². The molecule has 6 nitrogen and oxygen atoms in total. The molecule has 2 heterocycles. The van der Waals surface area contributed by atoms with Gasteiger partial charge in [-0.05, 0) is 30.7 Å². The average molecular weight is 325 g/mol. The molecule has 1 atom stereocenters. The maximum atomic E-state index is 12.4. The van der Waals surface area contributed by atoms with E-state index in [4.69, 9.17) is 0 Å². The van der Waals surface area contributed by atoms with E-state index < -0.39 is 24.7 Å². The zero-order valence-corrected chi connectivity index (χ0v) is 12.0. The summed E-state index contributed by atoms with van der Waals surface area (Å²) < 4.78 is 38.7. The molecule has 1 aliphatic heterocycles. The summed E-state index contributed by atoms with van der Waals surface area (Å²) in [5, 5.41) is 6.97. The number of hydrogen-bond donors (Lipinski definition) is 1. The van der Waals surface area contributed by atoms with Crippen molar-refractivity contribution in [2.45, 2.75) is 18.6 Å². The van der Waals surface area contributed by atoms with Gasteiger partial charge in [0.1, 0.15) is 25.2 Å². The highest BCUT2D eigenvalue weighted by molar-refractivity contribution is 5.86. The molecule has 1 aromatic carbocycles. The van der Waals surface area contributed by atoms with Crippen LogP contribution in [0, 0.1) is 0 Å². The molecule has 1 fully saturated rings. The van der Waals surface area contributed by atoms with Crippen molar-refractivity contribution in [1.29, 1.82) is 0 Å². The van der Waals surface area contributed by atoms with E-state index in [2.05, 4.69) is 15.4 Å². The first-order valence-electron chi connectivity index (χ1n) is 6.99. The molecule has 1 saturated heterocycles. The summed E-state index contributed by atoms with van der Waals surface area (Å²) in [6.07, 6.45) is -1.06. The third-order valence-corrected chi connectivity index (χ3v) is 3.56. The molecule has 122 valence electrons. The Morgan fingerprint density at radius 2 is 2.00 bits per heavy atom. The summed E-state index contributed by atoms with van der Waals surface area (Å²) in [7, 11) is 0. The number of likely N-dealkylation sites (tertiary alicyclic amines) is 1. The van der Waals surface area contributed by atoms with E-state index in [-0.39, 0.29) is 6.54 Å². The third-order valence-electron chi connectivity index (χ3n) is 3.56. The van der Waals surface area contributed by atoms with Gasteiger partial charge in [-0.15, -0.1) is 0 Å². The molecule has 0 spiro atoms. The van der Waals surface area contributed by atoms with Gasteiger partial charge >= 0.3 is 6.18 Å². The van der Waals surface area contributed by atoms with Crippen LogP contribution in [0.2, 0.25) is 0 Å². The number of nitrogens with zero attached hydrogens (tertiary/aromatic N) is 4. The Bertz CT molecular complexity index is 669. The summed E-state index contributed by atoms with van der Waals surface area (Å²) in [6, 6.07) is 6.43. The number of rotatable bonds is 4. The summed E-state index contributed by atoms with van der Waals surface area (Å²) in [4.78, 5) is 16.7. The Kier molecular flexibility index (Phi) is 3.93. The predicted molar refractivity (Wildman–Crippen MR) is 76.0 cm³/mol. The number of alkyl halides is 3. The van der Waals surface area contributed by atoms with Crippen LogP contribution in [0.5, 0.6) is 0 Å². The van der Waals surface area contributed by atoms with Gasteiger partial charge in [-0.2, -0.15) is 18.3 Å². The number of anilines is 1. The first-order chi connectivity index (χ1) is 10.9. The van der Waals surface area contributed by atoms with Crippen molar-refractivity contribution in [2.24, 2.45) is 0 Å². The van der Waals surface area contributed by atoms with Crippen LogP contribution in [0.25, 0.3) is 5.69 Å². The largest absolute Gasteiger partial charge is 0.406 e. The zero-order chi connectivity index (χ0) is 16.4. The van der Waals surface area contributed by atoms with Gasteiger partial charge in [0, 0.05) is 12.2 Å². The summed E-state index contributed by atoms with van der Waals surface area (Å²) >= 11 is 0. The van der Waals surface area contributed by atoms with Gasteiger partial charge in [0.05, 0.1) is 5.69 Å². The number of carbonyl (C=O) groups excluding carboxylic acids is 1. The van der Waals surface area contributed by atoms with E-state index in [0.717, 1.165) is 10.6 Å². The smallest absolute Gasteiger partial charge is 0.374 e. The fourth-order valence-electron chi connectivity index (χ4n) is 2.50. The second-order valence-electron chi connectivity index (χ2n) is 5.25. The van der Waals surface area contributed by atoms with Gasteiger partial charge in [-0.1, -0.05) is 0 Å². The quantitative estimate of drug-likeness (QED) is 0.932. The van der Waals surface area contributed by atoms with E-state index in [1.165, 1.54) is 6.33 Å². The maximum absolute atomic E-state index is 12.4. The molecular weight excluding hydrogens is 311 g/mol. The fourth-order valence-corrected chi connectivity index (χ4v) is 2.50. The molecule has 0 radical (unpaired) electrons. The lowest BCUT2D eigenvalue weighted by Gasteiger charge is -2.19. The van der Waals surface area contributed by atoms with Crippen LogP contribution in [0.3, 0.4) is 0 Å². The van der Waals surface area contributed by atoms with Crippen molar-refractivity contribution >= 4 is 11.6 Å². The van der Waals surface area contributed by atoms with Crippen LogP contribution < -0.4 is 5.32 Å². The van der Waals surface area contributed by atoms with Crippen LogP contribution in [0.1, 0.15) is 6.42 Å². The topological polar surface area (TPSA) is 63.1 Å². The maximum Gasteiger partial charge on any atom is 0.406 e. The molecule has 23 heavy (non-hydrogen) atoms. The van der Waals surface area contributed by atoms with Gasteiger partial charge in [0.25, 0.3) is 0 Å². The predicted octanol–water partition coefficient (Wildman–Crippen LogP) is 1.84. The molecule has 0 bridgehead atoms. The van der Waals surface area contributed by atoms with Gasteiger partial charge in [-0.3, -0.25) is 4.79 Å². The Hall–Kier alpha value is -2.58. The van der Waals surface area contributed by atoms with Crippen LogP contribution in [-0.4, -0.2) is 50.9 Å². The lowest BCUT2D eigenvalue weighted by Crippen LogP contribution is -2.39. The monoisotopic (exact) mass is 325 g/mol. The van der Waals surface area contributed by atoms with Crippen molar-refractivity contribution in [1.82, 2.24) is 19.7 Å². The van der Waals surface area contributed by atoms with Crippen molar-refractivity contribution in [3.8, 4) is 5.69 Å². The van der Waals surface area contributed by atoms with Gasteiger partial charge in [0.2, 0.25) is 5.91 Å². The molecule has 2 aromatic rings. The van der Waals surface area contributed by atoms with Crippen molar-refractivity contribution < 1.29 is 18.0 Å². The van der Waals surface area contributed by atoms with Crippen LogP contribution in [0.4, 0.5) is 18.9 Å². The number of hydrogen-bond acceptors (Lipinski definition) is 4. The van der Waals surface area contributed by atoms with Crippen molar-refractivity contribution in [3.05, 3.63) is 36.9 Å². The lowest BCUT2D eigenvalue weighted by molar-refractivity contribution is -0.157. The van der Waals surface area contributed by atoms with E-state index >= 15 is 0 Å². The molecule has 1 aromatic heterocycles. The zero-order valence-electron chi connectivity index (χ0n) is 12.0. The second-order valence-corrected chi connectivity index (χ2v) is 5.25. The second kappa shape index (κ2) is 5.90. The first kappa shape index (κ1) is 15.3.